The van der Waals surface area contributed by atoms with Crippen molar-refractivity contribution >= 4 is 0 Å². The van der Waals surface area contributed by atoms with Gasteiger partial charge in [-0.15, -0.1) is 0 Å². The van der Waals surface area contributed by atoms with E-state index in [-0.39, 0.29) is 5.92 Å². The molecule has 0 amide bonds. The van der Waals surface area contributed by atoms with E-state index >= 15 is 0 Å². The minimum absolute atomic E-state index is 0.196. The van der Waals surface area contributed by atoms with Crippen LogP contribution in [0, 0.1) is 19.8 Å². The van der Waals surface area contributed by atoms with Gasteiger partial charge in [0.05, 0.1) is 11.8 Å². The molecule has 0 aliphatic rings. The number of aryl methyl sites for hydroxylation is 2. The molecule has 1 heterocycles. The number of rotatable bonds is 2. The van der Waals surface area contributed by atoms with Crippen molar-refractivity contribution in [3.8, 4) is 0 Å². The van der Waals surface area contributed by atoms with Crippen LogP contribution >= 0.6 is 0 Å². The fourth-order valence-corrected chi connectivity index (χ4v) is 1.25. The summed E-state index contributed by atoms with van der Waals surface area (Å²) in [4.78, 5) is 0. The van der Waals surface area contributed by atoms with Gasteiger partial charge in [0.2, 0.25) is 0 Å². The third-order valence-corrected chi connectivity index (χ3v) is 2.02. The summed E-state index contributed by atoms with van der Waals surface area (Å²) in [6.07, 6.45) is -0.462. The van der Waals surface area contributed by atoms with Gasteiger partial charge in [0, 0.05) is 5.56 Å². The molecule has 1 atom stereocenters. The fourth-order valence-electron chi connectivity index (χ4n) is 1.25. The van der Waals surface area contributed by atoms with Crippen molar-refractivity contribution in [2.45, 2.75) is 33.8 Å². The molecule has 12 heavy (non-hydrogen) atoms. The Morgan fingerprint density at radius 3 is 2.25 bits per heavy atom. The lowest BCUT2D eigenvalue weighted by atomic mass is 9.98. The normalized spacial score (nSPS) is 13.8. The second-order valence-electron chi connectivity index (χ2n) is 3.43. The van der Waals surface area contributed by atoms with Crippen molar-refractivity contribution in [2.24, 2.45) is 5.92 Å². The number of aliphatic hydroxyl groups excluding tert-OH is 1. The standard InChI is InChI=1S/C9H15NO2/c1-5(2)9(11)8-6(3)10-12-7(8)4/h5,9,11H,1-4H3. The zero-order valence-corrected chi connectivity index (χ0v) is 7.96. The van der Waals surface area contributed by atoms with Gasteiger partial charge in [0.1, 0.15) is 5.76 Å². The molecule has 1 rings (SSSR count). The lowest BCUT2D eigenvalue weighted by Gasteiger charge is -2.13. The minimum Gasteiger partial charge on any atom is -0.388 e. The van der Waals surface area contributed by atoms with Crippen LogP contribution in [0.3, 0.4) is 0 Å². The van der Waals surface area contributed by atoms with Gasteiger partial charge in [-0.05, 0) is 19.8 Å². The van der Waals surface area contributed by atoms with E-state index in [4.69, 9.17) is 4.52 Å². The van der Waals surface area contributed by atoms with Crippen LogP contribution in [0.1, 0.15) is 37.0 Å². The van der Waals surface area contributed by atoms with Crippen LogP contribution in [0.15, 0.2) is 4.52 Å². The third kappa shape index (κ3) is 1.50. The Balaban J connectivity index is 3.00. The molecule has 68 valence electrons. The number of hydrogen-bond acceptors (Lipinski definition) is 3. The topological polar surface area (TPSA) is 46.3 Å². The number of aromatic nitrogens is 1. The molecule has 0 bridgehead atoms. The Hall–Kier alpha value is -0.830. The molecule has 0 radical (unpaired) electrons. The number of hydrogen-bond donors (Lipinski definition) is 1. The van der Waals surface area contributed by atoms with E-state index in [2.05, 4.69) is 5.16 Å². The Bertz CT molecular complexity index is 246. The van der Waals surface area contributed by atoms with Gasteiger partial charge in [-0.25, -0.2) is 0 Å². The highest BCUT2D eigenvalue weighted by Gasteiger charge is 2.20. The molecule has 0 aliphatic carbocycles. The predicted molar refractivity (Wildman–Crippen MR) is 45.8 cm³/mol. The second kappa shape index (κ2) is 3.27. The van der Waals surface area contributed by atoms with Gasteiger partial charge in [-0.2, -0.15) is 0 Å². The monoisotopic (exact) mass is 169 g/mol. The Morgan fingerprint density at radius 1 is 1.33 bits per heavy atom. The first-order chi connectivity index (χ1) is 5.54. The van der Waals surface area contributed by atoms with Gasteiger partial charge in [-0.3, -0.25) is 0 Å². The van der Waals surface area contributed by atoms with Crippen molar-refractivity contribution in [3.63, 3.8) is 0 Å². The van der Waals surface area contributed by atoms with E-state index in [1.165, 1.54) is 0 Å². The Kier molecular flexibility index (Phi) is 2.52. The van der Waals surface area contributed by atoms with Crippen molar-refractivity contribution in [3.05, 3.63) is 17.0 Å². The zero-order chi connectivity index (χ0) is 9.30. The van der Waals surface area contributed by atoms with Crippen molar-refractivity contribution in [1.82, 2.24) is 5.16 Å². The van der Waals surface area contributed by atoms with E-state index in [0.29, 0.717) is 5.76 Å². The molecule has 0 spiro atoms. The third-order valence-electron chi connectivity index (χ3n) is 2.02. The first-order valence-electron chi connectivity index (χ1n) is 4.15. The molecule has 0 saturated carbocycles. The van der Waals surface area contributed by atoms with Crippen molar-refractivity contribution in [2.75, 3.05) is 0 Å². The van der Waals surface area contributed by atoms with Crippen molar-refractivity contribution < 1.29 is 9.63 Å². The van der Waals surface area contributed by atoms with Crippen LogP contribution in [0.4, 0.5) is 0 Å². The van der Waals surface area contributed by atoms with Crippen LogP contribution in [0.5, 0.6) is 0 Å². The first kappa shape index (κ1) is 9.26. The quantitative estimate of drug-likeness (QED) is 0.736. The second-order valence-corrected chi connectivity index (χ2v) is 3.43. The molecule has 1 unspecified atom stereocenters. The number of nitrogens with zero attached hydrogens (tertiary/aromatic N) is 1. The lowest BCUT2D eigenvalue weighted by molar-refractivity contribution is 0.124. The molecule has 1 N–H and O–H groups in total. The van der Waals surface area contributed by atoms with Gasteiger partial charge in [0.15, 0.2) is 0 Å². The van der Waals surface area contributed by atoms with Crippen LogP contribution in [0.25, 0.3) is 0 Å². The van der Waals surface area contributed by atoms with Gasteiger partial charge < -0.3 is 9.63 Å². The maximum atomic E-state index is 9.75. The van der Waals surface area contributed by atoms with Gasteiger partial charge in [-0.1, -0.05) is 19.0 Å². The molecule has 3 nitrogen and oxygen atoms in total. The van der Waals surface area contributed by atoms with E-state index in [0.717, 1.165) is 11.3 Å². The Morgan fingerprint density at radius 2 is 1.92 bits per heavy atom. The molecular weight excluding hydrogens is 154 g/mol. The SMILES string of the molecule is Cc1noc(C)c1C(O)C(C)C. The van der Waals surface area contributed by atoms with Crippen LogP contribution in [-0.4, -0.2) is 10.3 Å². The van der Waals surface area contributed by atoms with E-state index < -0.39 is 6.10 Å². The summed E-state index contributed by atoms with van der Waals surface area (Å²) >= 11 is 0. The summed E-state index contributed by atoms with van der Waals surface area (Å²) in [5.41, 5.74) is 1.62. The predicted octanol–water partition coefficient (Wildman–Crippen LogP) is 1.98. The van der Waals surface area contributed by atoms with Crippen LogP contribution < -0.4 is 0 Å². The van der Waals surface area contributed by atoms with E-state index in [1.54, 1.807) is 0 Å². The highest BCUT2D eigenvalue weighted by molar-refractivity contribution is 5.23. The highest BCUT2D eigenvalue weighted by Crippen LogP contribution is 2.26. The maximum absolute atomic E-state index is 9.75. The van der Waals surface area contributed by atoms with E-state index in [1.807, 2.05) is 27.7 Å². The largest absolute Gasteiger partial charge is 0.388 e. The average molecular weight is 169 g/mol. The molecular formula is C9H15NO2. The van der Waals surface area contributed by atoms with E-state index in [9.17, 15) is 5.11 Å². The highest BCUT2D eigenvalue weighted by atomic mass is 16.5. The Labute approximate surface area is 72.4 Å². The minimum atomic E-state index is -0.462. The maximum Gasteiger partial charge on any atom is 0.139 e. The van der Waals surface area contributed by atoms with Crippen molar-refractivity contribution in [1.29, 1.82) is 0 Å². The summed E-state index contributed by atoms with van der Waals surface area (Å²) in [6, 6.07) is 0. The number of aliphatic hydroxyl groups is 1. The molecule has 1 aromatic heterocycles. The summed E-state index contributed by atoms with van der Waals surface area (Å²) in [6.45, 7) is 7.60. The summed E-state index contributed by atoms with van der Waals surface area (Å²) in [7, 11) is 0. The average Bonchev–Trinajstić information content (AvgIpc) is 2.30. The van der Waals surface area contributed by atoms with Crippen LogP contribution in [-0.2, 0) is 0 Å². The molecule has 0 aliphatic heterocycles. The van der Waals surface area contributed by atoms with Crippen LogP contribution in [0.2, 0.25) is 0 Å². The molecule has 3 heteroatoms. The molecule has 1 aromatic rings. The molecule has 0 aromatic carbocycles. The molecule has 0 fully saturated rings. The smallest absolute Gasteiger partial charge is 0.139 e. The fraction of sp³-hybridized carbons (Fsp3) is 0.667. The first-order valence-corrected chi connectivity index (χ1v) is 4.15. The summed E-state index contributed by atoms with van der Waals surface area (Å²) in [5, 5.41) is 13.5. The summed E-state index contributed by atoms with van der Waals surface area (Å²) in [5.74, 6) is 0.912. The summed E-state index contributed by atoms with van der Waals surface area (Å²) < 4.78 is 4.96. The van der Waals surface area contributed by atoms with Gasteiger partial charge >= 0.3 is 0 Å². The molecule has 0 saturated heterocycles. The lowest BCUT2D eigenvalue weighted by Crippen LogP contribution is -2.07. The zero-order valence-electron chi connectivity index (χ0n) is 7.96. The van der Waals surface area contributed by atoms with Gasteiger partial charge in [0.25, 0.3) is 0 Å².